The lowest BCUT2D eigenvalue weighted by Gasteiger charge is -2.06. The van der Waals surface area contributed by atoms with Crippen molar-refractivity contribution in [2.24, 2.45) is 0 Å². The molecule has 4 nitrogen and oxygen atoms in total. The maximum absolute atomic E-state index is 8.75. The molecule has 0 unspecified atom stereocenters. The van der Waals surface area contributed by atoms with Gasteiger partial charge in [-0.2, -0.15) is 5.26 Å². The summed E-state index contributed by atoms with van der Waals surface area (Å²) in [6.07, 6.45) is 3.39. The normalized spacial score (nSPS) is 9.89. The maximum Gasteiger partial charge on any atom is 0.145 e. The van der Waals surface area contributed by atoms with Crippen LogP contribution in [0.5, 0.6) is 0 Å². The highest BCUT2D eigenvalue weighted by Gasteiger charge is 1.98. The Morgan fingerprint density at radius 2 is 1.89 bits per heavy atom. The summed E-state index contributed by atoms with van der Waals surface area (Å²) in [6.45, 7) is 2.94. The molecule has 1 aromatic heterocycles. The fourth-order valence-corrected chi connectivity index (χ4v) is 1.79. The number of rotatable bonds is 5. The van der Waals surface area contributed by atoms with Gasteiger partial charge in [-0.3, -0.25) is 0 Å². The topological polar surface area (TPSA) is 61.6 Å². The first kappa shape index (κ1) is 13.0. The van der Waals surface area contributed by atoms with E-state index in [0.29, 0.717) is 11.5 Å². The monoisotopic (exact) mass is 252 g/mol. The summed E-state index contributed by atoms with van der Waals surface area (Å²) >= 11 is 0. The Bertz CT molecular complexity index is 569. The van der Waals surface area contributed by atoms with Gasteiger partial charge >= 0.3 is 0 Å². The second-order valence-electron chi connectivity index (χ2n) is 4.25. The Morgan fingerprint density at radius 1 is 1.16 bits per heavy atom. The zero-order valence-electron chi connectivity index (χ0n) is 10.9. The van der Waals surface area contributed by atoms with Gasteiger partial charge in [-0.25, -0.2) is 9.97 Å². The van der Waals surface area contributed by atoms with E-state index in [1.807, 2.05) is 6.07 Å². The Labute approximate surface area is 113 Å². The number of aryl methyl sites for hydroxylation is 1. The SMILES string of the molecule is CCc1ccc(CCNc2cc(C#N)ncn2)cc1. The summed E-state index contributed by atoms with van der Waals surface area (Å²) in [5.41, 5.74) is 3.02. The molecule has 4 heteroatoms. The van der Waals surface area contributed by atoms with Crippen LogP contribution in [0.2, 0.25) is 0 Å². The van der Waals surface area contributed by atoms with E-state index in [2.05, 4.69) is 46.5 Å². The smallest absolute Gasteiger partial charge is 0.145 e. The molecule has 1 N–H and O–H groups in total. The first-order chi connectivity index (χ1) is 9.31. The average molecular weight is 252 g/mol. The minimum atomic E-state index is 0.379. The number of nitrogens with one attached hydrogen (secondary N) is 1. The fraction of sp³-hybridized carbons (Fsp3) is 0.267. The van der Waals surface area contributed by atoms with Crippen molar-refractivity contribution >= 4 is 5.82 Å². The van der Waals surface area contributed by atoms with E-state index in [4.69, 9.17) is 5.26 Å². The first-order valence-corrected chi connectivity index (χ1v) is 6.35. The Morgan fingerprint density at radius 3 is 2.58 bits per heavy atom. The summed E-state index contributed by atoms with van der Waals surface area (Å²) in [5, 5.41) is 11.9. The highest BCUT2D eigenvalue weighted by atomic mass is 15.0. The summed E-state index contributed by atoms with van der Waals surface area (Å²) < 4.78 is 0. The number of nitriles is 1. The molecule has 0 bridgehead atoms. The highest BCUT2D eigenvalue weighted by Crippen LogP contribution is 2.07. The summed E-state index contributed by atoms with van der Waals surface area (Å²) in [4.78, 5) is 7.90. The van der Waals surface area contributed by atoms with Crippen LogP contribution in [0.3, 0.4) is 0 Å². The largest absolute Gasteiger partial charge is 0.370 e. The molecule has 0 fully saturated rings. The maximum atomic E-state index is 8.75. The van der Waals surface area contributed by atoms with Crippen molar-refractivity contribution in [2.45, 2.75) is 19.8 Å². The van der Waals surface area contributed by atoms with Crippen LogP contribution < -0.4 is 5.32 Å². The standard InChI is InChI=1S/C15H16N4/c1-2-12-3-5-13(6-4-12)7-8-17-15-9-14(10-16)18-11-19-15/h3-6,9,11H,2,7-8H2,1H3,(H,17,18,19). The minimum Gasteiger partial charge on any atom is -0.370 e. The zero-order chi connectivity index (χ0) is 13.5. The van der Waals surface area contributed by atoms with E-state index in [1.54, 1.807) is 6.07 Å². The second kappa shape index (κ2) is 6.50. The molecular formula is C15H16N4. The summed E-state index contributed by atoms with van der Waals surface area (Å²) in [5.74, 6) is 0.691. The predicted molar refractivity (Wildman–Crippen MR) is 74.8 cm³/mol. The molecule has 0 radical (unpaired) electrons. The van der Waals surface area contributed by atoms with Gasteiger partial charge in [0.05, 0.1) is 0 Å². The van der Waals surface area contributed by atoms with E-state index < -0.39 is 0 Å². The van der Waals surface area contributed by atoms with Gasteiger partial charge in [0.1, 0.15) is 23.9 Å². The quantitative estimate of drug-likeness (QED) is 0.888. The average Bonchev–Trinajstić information content (AvgIpc) is 2.48. The number of nitrogens with zero attached hydrogens (tertiary/aromatic N) is 3. The van der Waals surface area contributed by atoms with Crippen molar-refractivity contribution in [1.29, 1.82) is 5.26 Å². The highest BCUT2D eigenvalue weighted by molar-refractivity contribution is 5.38. The van der Waals surface area contributed by atoms with Crippen LogP contribution in [-0.2, 0) is 12.8 Å². The minimum absolute atomic E-state index is 0.379. The van der Waals surface area contributed by atoms with Crippen LogP contribution in [0.25, 0.3) is 0 Å². The van der Waals surface area contributed by atoms with Crippen LogP contribution in [-0.4, -0.2) is 16.5 Å². The summed E-state index contributed by atoms with van der Waals surface area (Å²) in [7, 11) is 0. The van der Waals surface area contributed by atoms with Crippen LogP contribution in [0.4, 0.5) is 5.82 Å². The lowest BCUT2D eigenvalue weighted by molar-refractivity contribution is 0.993. The van der Waals surface area contributed by atoms with E-state index in [1.165, 1.54) is 17.5 Å². The molecule has 0 aliphatic heterocycles. The molecule has 2 aromatic rings. The van der Waals surface area contributed by atoms with Crippen LogP contribution >= 0.6 is 0 Å². The third-order valence-electron chi connectivity index (χ3n) is 2.93. The van der Waals surface area contributed by atoms with Gasteiger partial charge in [-0.1, -0.05) is 31.2 Å². The Kier molecular flexibility index (Phi) is 4.46. The fourth-order valence-electron chi connectivity index (χ4n) is 1.79. The van der Waals surface area contributed by atoms with Gasteiger partial charge in [0.25, 0.3) is 0 Å². The molecule has 2 rings (SSSR count). The lowest BCUT2D eigenvalue weighted by atomic mass is 10.1. The number of hydrogen-bond acceptors (Lipinski definition) is 4. The molecular weight excluding hydrogens is 236 g/mol. The van der Waals surface area contributed by atoms with Crippen molar-refractivity contribution in [2.75, 3.05) is 11.9 Å². The molecule has 0 saturated heterocycles. The summed E-state index contributed by atoms with van der Waals surface area (Å²) in [6, 6.07) is 12.3. The van der Waals surface area contributed by atoms with Crippen molar-refractivity contribution in [3.63, 3.8) is 0 Å². The van der Waals surface area contributed by atoms with Crippen molar-refractivity contribution < 1.29 is 0 Å². The van der Waals surface area contributed by atoms with E-state index in [-0.39, 0.29) is 0 Å². The van der Waals surface area contributed by atoms with Gasteiger partial charge < -0.3 is 5.32 Å². The van der Waals surface area contributed by atoms with Gasteiger partial charge in [0.2, 0.25) is 0 Å². The van der Waals surface area contributed by atoms with E-state index >= 15 is 0 Å². The Hall–Kier alpha value is -2.41. The van der Waals surface area contributed by atoms with E-state index in [9.17, 15) is 0 Å². The van der Waals surface area contributed by atoms with Crippen molar-refractivity contribution in [3.8, 4) is 6.07 Å². The molecule has 1 heterocycles. The van der Waals surface area contributed by atoms with Crippen LogP contribution in [0, 0.1) is 11.3 Å². The van der Waals surface area contributed by atoms with Gasteiger partial charge in [0.15, 0.2) is 0 Å². The van der Waals surface area contributed by atoms with Crippen LogP contribution in [0.15, 0.2) is 36.7 Å². The number of aromatic nitrogens is 2. The first-order valence-electron chi connectivity index (χ1n) is 6.35. The van der Waals surface area contributed by atoms with Crippen LogP contribution in [0.1, 0.15) is 23.7 Å². The number of anilines is 1. The third kappa shape index (κ3) is 3.78. The molecule has 0 amide bonds. The van der Waals surface area contributed by atoms with E-state index in [0.717, 1.165) is 19.4 Å². The second-order valence-corrected chi connectivity index (χ2v) is 4.25. The lowest BCUT2D eigenvalue weighted by Crippen LogP contribution is -2.06. The number of hydrogen-bond donors (Lipinski definition) is 1. The molecule has 1 aromatic carbocycles. The number of benzene rings is 1. The molecule has 0 atom stereocenters. The van der Waals surface area contributed by atoms with Gasteiger partial charge in [0, 0.05) is 12.6 Å². The molecule has 0 spiro atoms. The molecule has 96 valence electrons. The molecule has 0 aliphatic carbocycles. The molecule has 19 heavy (non-hydrogen) atoms. The predicted octanol–water partition coefficient (Wildman–Crippen LogP) is 2.57. The Balaban J connectivity index is 1.87. The molecule has 0 aliphatic rings. The van der Waals surface area contributed by atoms with Crippen molar-refractivity contribution in [1.82, 2.24) is 9.97 Å². The van der Waals surface area contributed by atoms with Gasteiger partial charge in [-0.05, 0) is 24.0 Å². The van der Waals surface area contributed by atoms with Gasteiger partial charge in [-0.15, -0.1) is 0 Å². The molecule has 0 saturated carbocycles. The zero-order valence-corrected chi connectivity index (χ0v) is 10.9. The van der Waals surface area contributed by atoms with Crippen molar-refractivity contribution in [3.05, 3.63) is 53.5 Å². The third-order valence-corrected chi connectivity index (χ3v) is 2.93.